The Hall–Kier alpha value is -6.21. The van der Waals surface area contributed by atoms with Crippen LogP contribution in [0.25, 0.3) is 72.2 Å². The number of aromatic nitrogens is 4. The minimum atomic E-state index is -0.381. The highest BCUT2D eigenvalue weighted by Gasteiger charge is 2.23. The smallest absolute Gasteiger partial charge is 0.269 e. The predicted molar refractivity (Wildman–Crippen MR) is 174 cm³/mol. The normalized spacial score (nSPS) is 11.4. The highest BCUT2D eigenvalue weighted by molar-refractivity contribution is 6.16. The van der Waals surface area contributed by atoms with Crippen molar-refractivity contribution >= 4 is 33.0 Å². The lowest BCUT2D eigenvalue weighted by atomic mass is 10.00. The van der Waals surface area contributed by atoms with Crippen molar-refractivity contribution in [1.29, 1.82) is 0 Å². The third kappa shape index (κ3) is 4.10. The van der Waals surface area contributed by atoms with Gasteiger partial charge in [0, 0.05) is 51.4 Å². The maximum atomic E-state index is 11.4. The van der Waals surface area contributed by atoms with E-state index in [1.807, 2.05) is 97.1 Å². The van der Waals surface area contributed by atoms with Crippen LogP contribution in [0.15, 0.2) is 140 Å². The molecule has 5 aromatic carbocycles. The Balaban J connectivity index is 1.57. The molecular weight excluding hydrogens is 546 g/mol. The number of rotatable bonds is 5. The van der Waals surface area contributed by atoms with Crippen molar-refractivity contribution in [3.8, 4) is 44.9 Å². The van der Waals surface area contributed by atoms with Gasteiger partial charge in [-0.2, -0.15) is 0 Å². The lowest BCUT2D eigenvalue weighted by Crippen LogP contribution is -1.98. The van der Waals surface area contributed by atoms with Crippen LogP contribution < -0.4 is 0 Å². The van der Waals surface area contributed by atoms with Gasteiger partial charge in [-0.15, -0.1) is 10.2 Å². The SMILES string of the molecule is O=[N+]([O-])c1ccc(-c2cccc3nc(-c4ccccc4)c4c5c(-c6ccccc6)nnc(-c6ccccc6)c5cn4c23)cc1. The molecular formula is C37H23N5O2. The van der Waals surface area contributed by atoms with Crippen LogP contribution in [-0.2, 0) is 0 Å². The molecule has 7 nitrogen and oxygen atoms in total. The fraction of sp³-hybridized carbons (Fsp3) is 0. The highest BCUT2D eigenvalue weighted by Crippen LogP contribution is 2.42. The first-order valence-electron chi connectivity index (χ1n) is 14.2. The van der Waals surface area contributed by atoms with Gasteiger partial charge in [-0.1, -0.05) is 103 Å². The van der Waals surface area contributed by atoms with Crippen molar-refractivity contribution < 1.29 is 4.92 Å². The molecule has 7 heteroatoms. The van der Waals surface area contributed by atoms with E-state index in [0.717, 1.165) is 72.2 Å². The van der Waals surface area contributed by atoms with Gasteiger partial charge in [0.1, 0.15) is 11.4 Å². The summed E-state index contributed by atoms with van der Waals surface area (Å²) in [6.45, 7) is 0. The summed E-state index contributed by atoms with van der Waals surface area (Å²) < 4.78 is 2.20. The largest absolute Gasteiger partial charge is 0.311 e. The molecule has 0 radical (unpaired) electrons. The van der Waals surface area contributed by atoms with Gasteiger partial charge < -0.3 is 4.40 Å². The van der Waals surface area contributed by atoms with Crippen molar-refractivity contribution in [1.82, 2.24) is 19.6 Å². The Morgan fingerprint density at radius 1 is 0.545 bits per heavy atom. The topological polar surface area (TPSA) is 86.2 Å². The molecule has 44 heavy (non-hydrogen) atoms. The third-order valence-electron chi connectivity index (χ3n) is 7.99. The van der Waals surface area contributed by atoms with Gasteiger partial charge >= 0.3 is 0 Å². The first-order chi connectivity index (χ1) is 21.7. The predicted octanol–water partition coefficient (Wildman–Crippen LogP) is 9.01. The fourth-order valence-electron chi connectivity index (χ4n) is 5.99. The Bertz CT molecular complexity index is 2330. The number of nitrogens with zero attached hydrogens (tertiary/aromatic N) is 5. The van der Waals surface area contributed by atoms with E-state index in [2.05, 4.69) is 22.7 Å². The molecule has 3 aromatic heterocycles. The Labute approximate surface area is 251 Å². The number of benzene rings is 5. The second kappa shape index (κ2) is 10.3. The molecule has 0 unspecified atom stereocenters. The molecule has 0 spiro atoms. The van der Waals surface area contributed by atoms with Crippen molar-refractivity contribution in [3.05, 3.63) is 150 Å². The van der Waals surface area contributed by atoms with E-state index < -0.39 is 0 Å². The molecule has 0 aliphatic rings. The molecule has 0 saturated heterocycles. The average Bonchev–Trinajstić information content (AvgIpc) is 3.49. The van der Waals surface area contributed by atoms with E-state index in [1.54, 1.807) is 12.1 Å². The third-order valence-corrected chi connectivity index (χ3v) is 7.99. The Morgan fingerprint density at radius 3 is 1.73 bits per heavy atom. The first-order valence-corrected chi connectivity index (χ1v) is 14.2. The maximum absolute atomic E-state index is 11.4. The van der Waals surface area contributed by atoms with Gasteiger partial charge in [0.2, 0.25) is 0 Å². The van der Waals surface area contributed by atoms with Crippen molar-refractivity contribution in [2.45, 2.75) is 0 Å². The van der Waals surface area contributed by atoms with E-state index in [1.165, 1.54) is 12.1 Å². The van der Waals surface area contributed by atoms with Gasteiger partial charge in [-0.05, 0) is 23.8 Å². The van der Waals surface area contributed by atoms with E-state index >= 15 is 0 Å². The van der Waals surface area contributed by atoms with Crippen LogP contribution in [0, 0.1) is 10.1 Å². The average molecular weight is 570 g/mol. The molecule has 0 aliphatic carbocycles. The molecule has 208 valence electrons. The maximum Gasteiger partial charge on any atom is 0.269 e. The van der Waals surface area contributed by atoms with Crippen LogP contribution in [0.4, 0.5) is 5.69 Å². The second-order valence-electron chi connectivity index (χ2n) is 10.6. The van der Waals surface area contributed by atoms with Crippen LogP contribution >= 0.6 is 0 Å². The van der Waals surface area contributed by atoms with Gasteiger partial charge in [0.15, 0.2) is 0 Å². The monoisotopic (exact) mass is 569 g/mol. The fourth-order valence-corrected chi connectivity index (χ4v) is 5.99. The summed E-state index contributed by atoms with van der Waals surface area (Å²) in [7, 11) is 0. The van der Waals surface area contributed by atoms with E-state index in [9.17, 15) is 10.1 Å². The standard InChI is InChI=1S/C37H23N5O2/c43-42(44)28-21-19-24(20-22-28)29-17-10-18-31-36(29)41-23-30-32(37(41)35(38-31)27-15-8-3-9-16-27)34(26-13-6-2-7-14-26)40-39-33(30)25-11-4-1-5-12-25/h1-23H. The molecule has 3 heterocycles. The molecule has 8 aromatic rings. The summed E-state index contributed by atoms with van der Waals surface area (Å²) in [6.07, 6.45) is 2.14. The number of hydrogen-bond acceptors (Lipinski definition) is 5. The molecule has 0 bridgehead atoms. The number of para-hydroxylation sites is 1. The van der Waals surface area contributed by atoms with E-state index in [0.29, 0.717) is 0 Å². The highest BCUT2D eigenvalue weighted by atomic mass is 16.6. The lowest BCUT2D eigenvalue weighted by Gasteiger charge is -2.14. The molecule has 0 saturated carbocycles. The van der Waals surface area contributed by atoms with Crippen LogP contribution in [0.3, 0.4) is 0 Å². The van der Waals surface area contributed by atoms with Crippen LogP contribution in [0.2, 0.25) is 0 Å². The van der Waals surface area contributed by atoms with Gasteiger partial charge in [0.05, 0.1) is 27.2 Å². The van der Waals surface area contributed by atoms with Crippen LogP contribution in [0.1, 0.15) is 0 Å². The summed E-state index contributed by atoms with van der Waals surface area (Å²) >= 11 is 0. The molecule has 0 atom stereocenters. The van der Waals surface area contributed by atoms with Gasteiger partial charge in [-0.3, -0.25) is 10.1 Å². The van der Waals surface area contributed by atoms with Crippen molar-refractivity contribution in [2.24, 2.45) is 0 Å². The lowest BCUT2D eigenvalue weighted by molar-refractivity contribution is -0.384. The molecule has 0 N–H and O–H groups in total. The number of fused-ring (bicyclic) bond motifs is 5. The van der Waals surface area contributed by atoms with Crippen molar-refractivity contribution in [3.63, 3.8) is 0 Å². The number of hydrogen-bond donors (Lipinski definition) is 0. The van der Waals surface area contributed by atoms with Gasteiger partial charge in [0.25, 0.3) is 5.69 Å². The zero-order valence-corrected chi connectivity index (χ0v) is 23.3. The van der Waals surface area contributed by atoms with Crippen molar-refractivity contribution in [2.75, 3.05) is 0 Å². The zero-order chi connectivity index (χ0) is 29.6. The summed E-state index contributed by atoms with van der Waals surface area (Å²) in [5.41, 5.74) is 9.73. The quantitative estimate of drug-likeness (QED) is 0.152. The number of nitro groups is 1. The number of nitro benzene ring substituents is 1. The van der Waals surface area contributed by atoms with Gasteiger partial charge in [-0.25, -0.2) is 4.98 Å². The molecule has 8 rings (SSSR count). The van der Waals surface area contributed by atoms with E-state index in [-0.39, 0.29) is 10.6 Å². The summed E-state index contributed by atoms with van der Waals surface area (Å²) in [5.74, 6) is 0. The Kier molecular flexibility index (Phi) is 5.94. The minimum absolute atomic E-state index is 0.0486. The molecule has 0 amide bonds. The van der Waals surface area contributed by atoms with Crippen LogP contribution in [-0.4, -0.2) is 24.5 Å². The van der Waals surface area contributed by atoms with Crippen LogP contribution in [0.5, 0.6) is 0 Å². The summed E-state index contributed by atoms with van der Waals surface area (Å²) in [5, 5.41) is 22.9. The zero-order valence-electron chi connectivity index (χ0n) is 23.3. The summed E-state index contributed by atoms with van der Waals surface area (Å²) in [4.78, 5) is 16.3. The summed E-state index contributed by atoms with van der Waals surface area (Å²) in [6, 6.07) is 43.0. The molecule has 0 fully saturated rings. The second-order valence-corrected chi connectivity index (χ2v) is 10.6. The number of non-ortho nitro benzene ring substituents is 1. The molecule has 0 aliphatic heterocycles. The minimum Gasteiger partial charge on any atom is -0.311 e. The van der Waals surface area contributed by atoms with E-state index in [4.69, 9.17) is 15.2 Å². The first kappa shape index (κ1) is 25.5. The Morgan fingerprint density at radius 2 is 1.11 bits per heavy atom.